The average Bonchev–Trinajstić information content (AvgIpc) is 2.28. The van der Waals surface area contributed by atoms with E-state index < -0.39 is 6.04 Å². The second-order valence-corrected chi connectivity index (χ2v) is 3.34. The molecule has 5 heteroatoms. The van der Waals surface area contributed by atoms with Gasteiger partial charge in [-0.3, -0.25) is 9.78 Å². The second-order valence-electron chi connectivity index (χ2n) is 3.34. The van der Waals surface area contributed by atoms with Crippen molar-refractivity contribution in [2.75, 3.05) is 13.7 Å². The third-order valence-corrected chi connectivity index (χ3v) is 2.03. The molecule has 1 rings (SSSR count). The molecule has 0 radical (unpaired) electrons. The summed E-state index contributed by atoms with van der Waals surface area (Å²) >= 11 is 0. The molecule has 0 fully saturated rings. The molecule has 0 saturated heterocycles. The number of carbonyl (C=O) groups is 1. The lowest BCUT2D eigenvalue weighted by atomic mass is 10.2. The smallest absolute Gasteiger partial charge is 0.241 e. The lowest BCUT2D eigenvalue weighted by Gasteiger charge is -2.19. The van der Waals surface area contributed by atoms with Gasteiger partial charge in [0.2, 0.25) is 5.91 Å². The van der Waals surface area contributed by atoms with Crippen molar-refractivity contribution in [3.05, 3.63) is 30.1 Å². The zero-order valence-corrected chi connectivity index (χ0v) is 8.63. The van der Waals surface area contributed by atoms with Gasteiger partial charge in [0.25, 0.3) is 0 Å². The number of carbonyl (C=O) groups excluding carboxylic acids is 1. The molecule has 1 unspecified atom stereocenters. The fraction of sp³-hybridized carbons (Fsp3) is 0.400. The first kappa shape index (κ1) is 11.6. The molecule has 15 heavy (non-hydrogen) atoms. The van der Waals surface area contributed by atoms with E-state index >= 15 is 0 Å². The zero-order valence-electron chi connectivity index (χ0n) is 8.63. The average molecular weight is 209 g/mol. The van der Waals surface area contributed by atoms with Crippen LogP contribution in [0.4, 0.5) is 0 Å². The van der Waals surface area contributed by atoms with Crippen molar-refractivity contribution in [2.24, 2.45) is 5.73 Å². The fourth-order valence-corrected chi connectivity index (χ4v) is 1.20. The van der Waals surface area contributed by atoms with E-state index in [0.717, 1.165) is 5.56 Å². The molecule has 0 spiro atoms. The number of amides is 1. The van der Waals surface area contributed by atoms with Crippen molar-refractivity contribution in [2.45, 2.75) is 12.6 Å². The van der Waals surface area contributed by atoms with E-state index in [9.17, 15) is 4.79 Å². The zero-order chi connectivity index (χ0) is 11.3. The molecule has 3 N–H and O–H groups in total. The standard InChI is InChI=1S/C10H15N3O2/c1-13(10(15)9(11)7-14)6-8-3-2-4-12-5-8/h2-5,9,14H,6-7,11H2,1H3. The Morgan fingerprint density at radius 1 is 1.73 bits per heavy atom. The van der Waals surface area contributed by atoms with Gasteiger partial charge in [-0.1, -0.05) is 6.07 Å². The highest BCUT2D eigenvalue weighted by Crippen LogP contribution is 2.01. The Bertz CT molecular complexity index is 316. The minimum atomic E-state index is -0.841. The molecule has 0 aliphatic heterocycles. The largest absolute Gasteiger partial charge is 0.394 e. The summed E-state index contributed by atoms with van der Waals surface area (Å²) in [4.78, 5) is 16.9. The molecular weight excluding hydrogens is 194 g/mol. The van der Waals surface area contributed by atoms with Gasteiger partial charge >= 0.3 is 0 Å². The highest BCUT2D eigenvalue weighted by Gasteiger charge is 2.16. The van der Waals surface area contributed by atoms with Gasteiger partial charge in [0.15, 0.2) is 0 Å². The summed E-state index contributed by atoms with van der Waals surface area (Å²) in [6.07, 6.45) is 3.36. The van der Waals surface area contributed by atoms with E-state index in [-0.39, 0.29) is 12.5 Å². The normalized spacial score (nSPS) is 12.2. The number of aliphatic hydroxyl groups excluding tert-OH is 1. The van der Waals surface area contributed by atoms with Gasteiger partial charge in [0.05, 0.1) is 6.61 Å². The number of hydrogen-bond acceptors (Lipinski definition) is 4. The van der Waals surface area contributed by atoms with Crippen LogP contribution in [0.2, 0.25) is 0 Å². The van der Waals surface area contributed by atoms with Crippen LogP contribution in [-0.4, -0.2) is 40.6 Å². The van der Waals surface area contributed by atoms with Gasteiger partial charge in [-0.15, -0.1) is 0 Å². The Hall–Kier alpha value is -1.46. The van der Waals surface area contributed by atoms with Crippen LogP contribution >= 0.6 is 0 Å². The molecule has 5 nitrogen and oxygen atoms in total. The van der Waals surface area contributed by atoms with Crippen LogP contribution in [-0.2, 0) is 11.3 Å². The maximum Gasteiger partial charge on any atom is 0.241 e. The maximum absolute atomic E-state index is 11.5. The molecule has 0 bridgehead atoms. The lowest BCUT2D eigenvalue weighted by Crippen LogP contribution is -2.43. The molecule has 0 aromatic carbocycles. The summed E-state index contributed by atoms with van der Waals surface area (Å²) < 4.78 is 0. The van der Waals surface area contributed by atoms with Crippen LogP contribution in [0, 0.1) is 0 Å². The minimum absolute atomic E-state index is 0.277. The van der Waals surface area contributed by atoms with E-state index in [2.05, 4.69) is 4.98 Å². The predicted octanol–water partition coefficient (Wildman–Crippen LogP) is -0.640. The van der Waals surface area contributed by atoms with E-state index in [0.29, 0.717) is 6.54 Å². The van der Waals surface area contributed by atoms with Crippen molar-refractivity contribution < 1.29 is 9.90 Å². The van der Waals surface area contributed by atoms with Crippen LogP contribution < -0.4 is 5.73 Å². The summed E-state index contributed by atoms with van der Waals surface area (Å²) in [7, 11) is 1.64. The van der Waals surface area contributed by atoms with Crippen LogP contribution in [0.15, 0.2) is 24.5 Å². The SMILES string of the molecule is CN(Cc1cccnc1)C(=O)C(N)CO. The molecule has 0 aliphatic carbocycles. The molecule has 1 amide bonds. The minimum Gasteiger partial charge on any atom is -0.394 e. The number of hydrogen-bond donors (Lipinski definition) is 2. The van der Waals surface area contributed by atoms with E-state index in [1.807, 2.05) is 6.07 Å². The number of nitrogens with zero attached hydrogens (tertiary/aromatic N) is 2. The van der Waals surface area contributed by atoms with Crippen LogP contribution in [0.1, 0.15) is 5.56 Å². The number of rotatable bonds is 4. The molecule has 1 atom stereocenters. The molecule has 0 saturated carbocycles. The quantitative estimate of drug-likeness (QED) is 0.691. The Balaban J connectivity index is 2.56. The van der Waals surface area contributed by atoms with Gasteiger partial charge < -0.3 is 15.7 Å². The third kappa shape index (κ3) is 3.30. The highest BCUT2D eigenvalue weighted by atomic mass is 16.3. The topological polar surface area (TPSA) is 79.5 Å². The summed E-state index contributed by atoms with van der Waals surface area (Å²) in [6, 6.07) is 2.84. The Labute approximate surface area is 88.5 Å². The molecule has 1 heterocycles. The van der Waals surface area contributed by atoms with Crippen molar-refractivity contribution in [1.82, 2.24) is 9.88 Å². The first-order valence-corrected chi connectivity index (χ1v) is 4.65. The Morgan fingerprint density at radius 2 is 2.47 bits per heavy atom. The Kier molecular flexibility index (Phi) is 4.20. The van der Waals surface area contributed by atoms with Crippen molar-refractivity contribution in [3.63, 3.8) is 0 Å². The van der Waals surface area contributed by atoms with E-state index in [4.69, 9.17) is 10.8 Å². The van der Waals surface area contributed by atoms with Crippen LogP contribution in [0.3, 0.4) is 0 Å². The molecule has 0 aliphatic rings. The lowest BCUT2D eigenvalue weighted by molar-refractivity contribution is -0.132. The van der Waals surface area contributed by atoms with E-state index in [1.54, 1.807) is 25.5 Å². The summed E-state index contributed by atoms with van der Waals surface area (Å²) in [5, 5.41) is 8.74. The predicted molar refractivity (Wildman–Crippen MR) is 55.8 cm³/mol. The van der Waals surface area contributed by atoms with Gasteiger partial charge in [-0.05, 0) is 11.6 Å². The number of aliphatic hydroxyl groups is 1. The third-order valence-electron chi connectivity index (χ3n) is 2.03. The highest BCUT2D eigenvalue weighted by molar-refractivity contribution is 5.81. The first-order valence-electron chi connectivity index (χ1n) is 4.65. The van der Waals surface area contributed by atoms with Crippen LogP contribution in [0.5, 0.6) is 0 Å². The molecule has 82 valence electrons. The number of pyridine rings is 1. The van der Waals surface area contributed by atoms with Gasteiger partial charge in [-0.25, -0.2) is 0 Å². The number of aromatic nitrogens is 1. The Morgan fingerprint density at radius 3 is 3.00 bits per heavy atom. The first-order chi connectivity index (χ1) is 7.15. The number of nitrogens with two attached hydrogens (primary N) is 1. The van der Waals surface area contributed by atoms with Gasteiger partial charge in [-0.2, -0.15) is 0 Å². The molecule has 1 aromatic heterocycles. The van der Waals surface area contributed by atoms with Crippen LogP contribution in [0.25, 0.3) is 0 Å². The van der Waals surface area contributed by atoms with Gasteiger partial charge in [0, 0.05) is 26.0 Å². The molecular formula is C10H15N3O2. The van der Waals surface area contributed by atoms with Crippen molar-refractivity contribution >= 4 is 5.91 Å². The van der Waals surface area contributed by atoms with Crippen molar-refractivity contribution in [1.29, 1.82) is 0 Å². The second kappa shape index (κ2) is 5.43. The van der Waals surface area contributed by atoms with Crippen molar-refractivity contribution in [3.8, 4) is 0 Å². The fourth-order valence-electron chi connectivity index (χ4n) is 1.20. The van der Waals surface area contributed by atoms with E-state index in [1.165, 1.54) is 4.90 Å². The monoisotopic (exact) mass is 209 g/mol. The summed E-state index contributed by atoms with van der Waals surface area (Å²) in [5.41, 5.74) is 6.34. The number of likely N-dealkylation sites (N-methyl/N-ethyl adjacent to an activating group) is 1. The maximum atomic E-state index is 11.5. The summed E-state index contributed by atoms with van der Waals surface area (Å²) in [6.45, 7) is 0.108. The van der Waals surface area contributed by atoms with Gasteiger partial charge in [0.1, 0.15) is 6.04 Å². The molecule has 1 aromatic rings. The summed E-state index contributed by atoms with van der Waals surface area (Å²) in [5.74, 6) is -0.277.